The van der Waals surface area contributed by atoms with Crippen LogP contribution in [0, 0.1) is 0 Å². The third-order valence-electron chi connectivity index (χ3n) is 4.29. The molecule has 1 amide bonds. The summed E-state index contributed by atoms with van der Waals surface area (Å²) in [4.78, 5) is 48.5. The van der Waals surface area contributed by atoms with E-state index in [1.807, 2.05) is 30.3 Å². The van der Waals surface area contributed by atoms with Gasteiger partial charge in [-0.05, 0) is 24.3 Å². The van der Waals surface area contributed by atoms with Crippen LogP contribution in [0.15, 0.2) is 65.5 Å². The van der Waals surface area contributed by atoms with Crippen LogP contribution < -0.4 is 10.9 Å². The fraction of sp³-hybridized carbons (Fsp3) is 0.136. The fourth-order valence-corrected chi connectivity index (χ4v) is 2.83. The lowest BCUT2D eigenvalue weighted by Gasteiger charge is -2.11. The lowest BCUT2D eigenvalue weighted by Crippen LogP contribution is -2.29. The number of anilines is 1. The molecule has 3 aromatic rings. The number of amides is 1. The molecule has 9 heteroatoms. The number of benzene rings is 2. The molecule has 1 aromatic heterocycles. The predicted octanol–water partition coefficient (Wildman–Crippen LogP) is 2.12. The summed E-state index contributed by atoms with van der Waals surface area (Å²) in [5.41, 5.74) is 1.16. The van der Waals surface area contributed by atoms with Crippen molar-refractivity contribution in [2.24, 2.45) is 0 Å². The van der Waals surface area contributed by atoms with E-state index in [9.17, 15) is 19.2 Å². The number of methoxy groups -OCH3 is 2. The van der Waals surface area contributed by atoms with Gasteiger partial charge in [0.2, 0.25) is 5.91 Å². The third-order valence-corrected chi connectivity index (χ3v) is 4.29. The molecule has 1 N–H and O–H groups in total. The first-order valence-corrected chi connectivity index (χ1v) is 9.16. The van der Waals surface area contributed by atoms with Crippen LogP contribution in [-0.2, 0) is 20.8 Å². The monoisotopic (exact) mass is 421 g/mol. The van der Waals surface area contributed by atoms with Gasteiger partial charge in [0.25, 0.3) is 5.56 Å². The second-order valence-electron chi connectivity index (χ2n) is 6.41. The Balaban J connectivity index is 1.85. The molecule has 0 aliphatic carbocycles. The van der Waals surface area contributed by atoms with Crippen molar-refractivity contribution in [2.45, 2.75) is 6.54 Å². The molecular formula is C22H19N3O6. The molecule has 0 radical (unpaired) electrons. The van der Waals surface area contributed by atoms with E-state index in [-0.39, 0.29) is 23.4 Å². The summed E-state index contributed by atoms with van der Waals surface area (Å²) in [7, 11) is 2.40. The molecule has 0 unspecified atom stereocenters. The van der Waals surface area contributed by atoms with Crippen molar-refractivity contribution >= 4 is 23.5 Å². The van der Waals surface area contributed by atoms with E-state index in [0.717, 1.165) is 10.2 Å². The number of carbonyl (C=O) groups is 3. The maximum Gasteiger partial charge on any atom is 0.337 e. The van der Waals surface area contributed by atoms with Gasteiger partial charge >= 0.3 is 11.9 Å². The van der Waals surface area contributed by atoms with Crippen molar-refractivity contribution < 1.29 is 23.9 Å². The zero-order valence-electron chi connectivity index (χ0n) is 16.8. The van der Waals surface area contributed by atoms with Crippen LogP contribution in [0.1, 0.15) is 20.7 Å². The van der Waals surface area contributed by atoms with Crippen LogP contribution in [0.25, 0.3) is 11.3 Å². The van der Waals surface area contributed by atoms with Gasteiger partial charge in [0.1, 0.15) is 6.54 Å². The number of ether oxygens (including phenoxy) is 2. The smallest absolute Gasteiger partial charge is 0.337 e. The highest BCUT2D eigenvalue weighted by molar-refractivity contribution is 5.99. The number of hydrogen-bond acceptors (Lipinski definition) is 7. The number of nitrogens with one attached hydrogen (secondary N) is 1. The van der Waals surface area contributed by atoms with Crippen LogP contribution in [0.5, 0.6) is 0 Å². The van der Waals surface area contributed by atoms with E-state index in [1.165, 1.54) is 38.5 Å². The molecule has 9 nitrogen and oxygen atoms in total. The summed E-state index contributed by atoms with van der Waals surface area (Å²) < 4.78 is 10.4. The van der Waals surface area contributed by atoms with Gasteiger partial charge in [-0.15, -0.1) is 0 Å². The molecule has 0 aliphatic heterocycles. The second kappa shape index (κ2) is 9.49. The van der Waals surface area contributed by atoms with E-state index in [4.69, 9.17) is 0 Å². The highest BCUT2D eigenvalue weighted by Crippen LogP contribution is 2.17. The molecule has 0 atom stereocenters. The van der Waals surface area contributed by atoms with Gasteiger partial charge < -0.3 is 14.8 Å². The highest BCUT2D eigenvalue weighted by Gasteiger charge is 2.16. The fourth-order valence-electron chi connectivity index (χ4n) is 2.83. The van der Waals surface area contributed by atoms with E-state index in [2.05, 4.69) is 19.9 Å². The second-order valence-corrected chi connectivity index (χ2v) is 6.41. The number of esters is 2. The van der Waals surface area contributed by atoms with Gasteiger partial charge in [-0.3, -0.25) is 9.59 Å². The number of aromatic nitrogens is 2. The molecule has 0 saturated heterocycles. The Morgan fingerprint density at radius 3 is 2.10 bits per heavy atom. The molecule has 0 aliphatic rings. The molecule has 0 saturated carbocycles. The summed E-state index contributed by atoms with van der Waals surface area (Å²) >= 11 is 0. The Bertz CT molecular complexity index is 1150. The van der Waals surface area contributed by atoms with Crippen molar-refractivity contribution in [3.63, 3.8) is 0 Å². The molecule has 0 bridgehead atoms. The van der Waals surface area contributed by atoms with Gasteiger partial charge in [0.05, 0.1) is 31.0 Å². The number of rotatable bonds is 6. The molecule has 3 rings (SSSR count). The topological polar surface area (TPSA) is 117 Å². The van der Waals surface area contributed by atoms with Gasteiger partial charge in [-0.1, -0.05) is 30.3 Å². The van der Waals surface area contributed by atoms with E-state index in [0.29, 0.717) is 5.69 Å². The van der Waals surface area contributed by atoms with E-state index >= 15 is 0 Å². The van der Waals surface area contributed by atoms with Gasteiger partial charge in [-0.25, -0.2) is 14.3 Å². The van der Waals surface area contributed by atoms with Crippen molar-refractivity contribution in [1.29, 1.82) is 0 Å². The normalized spacial score (nSPS) is 10.3. The molecule has 31 heavy (non-hydrogen) atoms. The highest BCUT2D eigenvalue weighted by atomic mass is 16.5. The van der Waals surface area contributed by atoms with Gasteiger partial charge in [0.15, 0.2) is 0 Å². The van der Waals surface area contributed by atoms with E-state index in [1.54, 1.807) is 6.07 Å². The Kier molecular flexibility index (Phi) is 6.56. The SMILES string of the molecule is COC(=O)c1cc(NC(=O)Cn2nc(-c3ccccc3)ccc2=O)cc(C(=O)OC)c1. The zero-order chi connectivity index (χ0) is 22.4. The minimum absolute atomic E-state index is 0.0575. The first-order valence-electron chi connectivity index (χ1n) is 9.16. The van der Waals surface area contributed by atoms with Crippen molar-refractivity contribution in [2.75, 3.05) is 19.5 Å². The summed E-state index contributed by atoms with van der Waals surface area (Å²) in [6.45, 7) is -0.366. The predicted molar refractivity (Wildman–Crippen MR) is 112 cm³/mol. The van der Waals surface area contributed by atoms with Crippen LogP contribution in [0.4, 0.5) is 5.69 Å². The summed E-state index contributed by atoms with van der Waals surface area (Å²) in [5, 5.41) is 6.80. The molecule has 0 spiro atoms. The minimum atomic E-state index is -0.685. The van der Waals surface area contributed by atoms with Gasteiger partial charge in [0, 0.05) is 17.3 Å². The van der Waals surface area contributed by atoms with Crippen LogP contribution in [0.3, 0.4) is 0 Å². The first kappa shape index (κ1) is 21.4. The Morgan fingerprint density at radius 2 is 1.52 bits per heavy atom. The largest absolute Gasteiger partial charge is 0.465 e. The maximum atomic E-state index is 12.5. The Labute approximate surface area is 177 Å². The van der Waals surface area contributed by atoms with Crippen molar-refractivity contribution in [1.82, 2.24) is 9.78 Å². The van der Waals surface area contributed by atoms with E-state index < -0.39 is 23.4 Å². The molecule has 0 fully saturated rings. The lowest BCUT2D eigenvalue weighted by molar-refractivity contribution is -0.117. The number of nitrogens with zero attached hydrogens (tertiary/aromatic N) is 2. The third kappa shape index (κ3) is 5.21. The van der Waals surface area contributed by atoms with Crippen LogP contribution in [-0.4, -0.2) is 41.8 Å². The van der Waals surface area contributed by atoms with Crippen LogP contribution in [0.2, 0.25) is 0 Å². The van der Waals surface area contributed by atoms with Crippen LogP contribution >= 0.6 is 0 Å². The zero-order valence-corrected chi connectivity index (χ0v) is 16.8. The number of carbonyl (C=O) groups excluding carboxylic acids is 3. The minimum Gasteiger partial charge on any atom is -0.465 e. The maximum absolute atomic E-state index is 12.5. The average molecular weight is 421 g/mol. The average Bonchev–Trinajstić information content (AvgIpc) is 2.79. The van der Waals surface area contributed by atoms with Gasteiger partial charge in [-0.2, -0.15) is 5.10 Å². The summed E-state index contributed by atoms with van der Waals surface area (Å²) in [6.07, 6.45) is 0. The lowest BCUT2D eigenvalue weighted by atomic mass is 10.1. The summed E-state index contributed by atoms with van der Waals surface area (Å²) in [5.74, 6) is -1.94. The molecule has 158 valence electrons. The Hall–Kier alpha value is -4.27. The molecule has 1 heterocycles. The standard InChI is InChI=1S/C22H19N3O6/c1-30-21(28)15-10-16(22(29)31-2)12-17(11-15)23-19(26)13-25-20(27)9-8-18(24-25)14-6-4-3-5-7-14/h3-12H,13H2,1-2H3,(H,23,26). The van der Waals surface area contributed by atoms with Crippen molar-refractivity contribution in [3.8, 4) is 11.3 Å². The molecular weight excluding hydrogens is 402 g/mol. The van der Waals surface area contributed by atoms with Crippen molar-refractivity contribution in [3.05, 3.63) is 82.1 Å². The summed E-state index contributed by atoms with van der Waals surface area (Å²) in [6, 6.07) is 16.1. The quantitative estimate of drug-likeness (QED) is 0.606. The molecule has 2 aromatic carbocycles. The number of hydrogen-bond donors (Lipinski definition) is 1. The first-order chi connectivity index (χ1) is 14.9. The Morgan fingerprint density at radius 1 is 0.903 bits per heavy atom.